The Balaban J connectivity index is 2.09. The second-order valence-electron chi connectivity index (χ2n) is 5.31. The van der Waals surface area contributed by atoms with Crippen LogP contribution in [0.3, 0.4) is 0 Å². The van der Waals surface area contributed by atoms with Crippen LogP contribution in [0.1, 0.15) is 57.0 Å². The molecule has 0 aromatic carbocycles. The zero-order valence-corrected chi connectivity index (χ0v) is 12.0. The predicted molar refractivity (Wildman–Crippen MR) is 76.0 cm³/mol. The van der Waals surface area contributed by atoms with Crippen LogP contribution in [-0.2, 0) is 6.54 Å². The third kappa shape index (κ3) is 3.26. The van der Waals surface area contributed by atoms with Crippen LogP contribution in [-0.4, -0.2) is 19.2 Å². The smallest absolute Gasteiger partial charge is 0.0951 e. The van der Waals surface area contributed by atoms with Crippen molar-refractivity contribution >= 4 is 0 Å². The van der Waals surface area contributed by atoms with Gasteiger partial charge in [-0.25, -0.2) is 4.98 Å². The first-order valence-electron chi connectivity index (χ1n) is 6.96. The Hall–Kier alpha value is -1.55. The summed E-state index contributed by atoms with van der Waals surface area (Å²) in [5.74, 6) is 0. The molecule has 0 aliphatic rings. The van der Waals surface area contributed by atoms with Gasteiger partial charge in [0.1, 0.15) is 0 Å². The number of hydrogen-bond donors (Lipinski definition) is 1. The molecule has 0 saturated carbocycles. The van der Waals surface area contributed by atoms with E-state index in [1.54, 1.807) is 0 Å². The van der Waals surface area contributed by atoms with Crippen LogP contribution < -0.4 is 0 Å². The third-order valence-electron chi connectivity index (χ3n) is 3.37. The maximum absolute atomic E-state index is 9.97. The van der Waals surface area contributed by atoms with E-state index in [9.17, 15) is 5.11 Å². The van der Waals surface area contributed by atoms with Gasteiger partial charge < -0.3 is 14.2 Å². The van der Waals surface area contributed by atoms with Crippen molar-refractivity contribution in [1.82, 2.24) is 14.1 Å². The van der Waals surface area contributed by atoms with Crippen molar-refractivity contribution < 1.29 is 5.11 Å². The molecule has 19 heavy (non-hydrogen) atoms. The Labute approximate surface area is 114 Å². The first-order chi connectivity index (χ1) is 9.11. The summed E-state index contributed by atoms with van der Waals surface area (Å²) in [6.07, 6.45) is 9.28. The summed E-state index contributed by atoms with van der Waals surface area (Å²) in [4.78, 5) is 4.21. The fourth-order valence-electron chi connectivity index (χ4n) is 2.30. The topological polar surface area (TPSA) is 43.0 Å². The van der Waals surface area contributed by atoms with Crippen LogP contribution in [0.15, 0.2) is 31.0 Å². The molecule has 104 valence electrons. The lowest BCUT2D eigenvalue weighted by atomic mass is 10.1. The predicted octanol–water partition coefficient (Wildman–Crippen LogP) is 3.15. The van der Waals surface area contributed by atoms with E-state index in [0.717, 1.165) is 24.9 Å². The normalized spacial score (nSPS) is 13.1. The molecule has 0 spiro atoms. The Morgan fingerprint density at radius 2 is 2.16 bits per heavy atom. The van der Waals surface area contributed by atoms with Crippen molar-refractivity contribution in [2.45, 2.75) is 52.3 Å². The summed E-state index contributed by atoms with van der Waals surface area (Å²) < 4.78 is 4.27. The van der Waals surface area contributed by atoms with Gasteiger partial charge >= 0.3 is 0 Å². The highest BCUT2D eigenvalue weighted by molar-refractivity contribution is 5.15. The number of hydrogen-bond acceptors (Lipinski definition) is 2. The van der Waals surface area contributed by atoms with Crippen LogP contribution in [0, 0.1) is 0 Å². The molecule has 4 nitrogen and oxygen atoms in total. The van der Waals surface area contributed by atoms with E-state index < -0.39 is 0 Å². The fraction of sp³-hybridized carbons (Fsp3) is 0.533. The third-order valence-corrected chi connectivity index (χ3v) is 3.37. The SMILES string of the molecule is CCCC(O)c1ccn(Cc2cncn2C(C)C)c1. The van der Waals surface area contributed by atoms with Crippen LogP contribution in [0.4, 0.5) is 0 Å². The standard InChI is InChI=1S/C15H23N3O/c1-4-5-15(19)13-6-7-17(9-13)10-14-8-16-11-18(14)12(2)3/h6-9,11-12,15,19H,4-5,10H2,1-3H3. The molecule has 0 aliphatic heterocycles. The number of rotatable bonds is 6. The number of imidazole rings is 1. The minimum Gasteiger partial charge on any atom is -0.388 e. The summed E-state index contributed by atoms with van der Waals surface area (Å²) in [6, 6.07) is 2.41. The summed E-state index contributed by atoms with van der Waals surface area (Å²) in [5, 5.41) is 9.97. The summed E-state index contributed by atoms with van der Waals surface area (Å²) in [5.41, 5.74) is 2.18. The summed E-state index contributed by atoms with van der Waals surface area (Å²) >= 11 is 0. The molecule has 1 unspecified atom stereocenters. The van der Waals surface area contributed by atoms with E-state index in [1.165, 1.54) is 5.69 Å². The Morgan fingerprint density at radius 1 is 1.37 bits per heavy atom. The lowest BCUT2D eigenvalue weighted by molar-refractivity contribution is 0.166. The molecule has 4 heteroatoms. The average molecular weight is 261 g/mol. The molecule has 2 aromatic rings. The molecular weight excluding hydrogens is 238 g/mol. The van der Waals surface area contributed by atoms with Gasteiger partial charge in [0.05, 0.1) is 24.7 Å². The van der Waals surface area contributed by atoms with E-state index in [1.807, 2.05) is 31.0 Å². The Morgan fingerprint density at radius 3 is 2.84 bits per heavy atom. The van der Waals surface area contributed by atoms with Crippen molar-refractivity contribution in [3.05, 3.63) is 42.2 Å². The zero-order valence-electron chi connectivity index (χ0n) is 12.0. The number of aliphatic hydroxyl groups excluding tert-OH is 1. The highest BCUT2D eigenvalue weighted by atomic mass is 16.3. The monoisotopic (exact) mass is 261 g/mol. The lowest BCUT2D eigenvalue weighted by Crippen LogP contribution is -2.07. The highest BCUT2D eigenvalue weighted by Crippen LogP contribution is 2.19. The summed E-state index contributed by atoms with van der Waals surface area (Å²) in [7, 11) is 0. The maximum Gasteiger partial charge on any atom is 0.0951 e. The molecule has 0 amide bonds. The molecular formula is C15H23N3O. The lowest BCUT2D eigenvalue weighted by Gasteiger charge is -2.12. The minimum absolute atomic E-state index is 0.346. The van der Waals surface area contributed by atoms with Gasteiger partial charge in [-0.3, -0.25) is 0 Å². The first kappa shape index (κ1) is 13.9. The van der Waals surface area contributed by atoms with Crippen molar-refractivity contribution in [3.63, 3.8) is 0 Å². The molecule has 1 atom stereocenters. The van der Waals surface area contributed by atoms with E-state index in [0.29, 0.717) is 6.04 Å². The maximum atomic E-state index is 9.97. The molecule has 1 N–H and O–H groups in total. The molecule has 0 aliphatic carbocycles. The second kappa shape index (κ2) is 6.06. The average Bonchev–Trinajstić information content (AvgIpc) is 2.99. The van der Waals surface area contributed by atoms with Crippen LogP contribution in [0.5, 0.6) is 0 Å². The highest BCUT2D eigenvalue weighted by Gasteiger charge is 2.10. The molecule has 0 saturated heterocycles. The van der Waals surface area contributed by atoms with Gasteiger partial charge in [-0.1, -0.05) is 13.3 Å². The van der Waals surface area contributed by atoms with Gasteiger partial charge in [0.15, 0.2) is 0 Å². The van der Waals surface area contributed by atoms with Crippen molar-refractivity contribution in [2.24, 2.45) is 0 Å². The van der Waals surface area contributed by atoms with Crippen molar-refractivity contribution in [1.29, 1.82) is 0 Å². The van der Waals surface area contributed by atoms with Gasteiger partial charge in [0, 0.05) is 24.6 Å². The van der Waals surface area contributed by atoms with Gasteiger partial charge in [0.25, 0.3) is 0 Å². The van der Waals surface area contributed by atoms with Crippen LogP contribution in [0.25, 0.3) is 0 Å². The van der Waals surface area contributed by atoms with Gasteiger partial charge in [0.2, 0.25) is 0 Å². The van der Waals surface area contributed by atoms with Gasteiger partial charge in [-0.2, -0.15) is 0 Å². The number of aromatic nitrogens is 3. The number of nitrogens with zero attached hydrogens (tertiary/aromatic N) is 3. The van der Waals surface area contributed by atoms with Gasteiger partial charge in [-0.05, 0) is 31.9 Å². The van der Waals surface area contributed by atoms with E-state index in [4.69, 9.17) is 0 Å². The van der Waals surface area contributed by atoms with Gasteiger partial charge in [-0.15, -0.1) is 0 Å². The molecule has 0 bridgehead atoms. The molecule has 2 aromatic heterocycles. The van der Waals surface area contributed by atoms with E-state index >= 15 is 0 Å². The van der Waals surface area contributed by atoms with Crippen molar-refractivity contribution in [2.75, 3.05) is 0 Å². The largest absolute Gasteiger partial charge is 0.388 e. The molecule has 0 fully saturated rings. The van der Waals surface area contributed by atoms with Crippen LogP contribution in [0.2, 0.25) is 0 Å². The minimum atomic E-state index is -0.346. The second-order valence-corrected chi connectivity index (χ2v) is 5.31. The fourth-order valence-corrected chi connectivity index (χ4v) is 2.30. The van der Waals surface area contributed by atoms with E-state index in [2.05, 4.69) is 34.9 Å². The van der Waals surface area contributed by atoms with Crippen LogP contribution >= 0.6 is 0 Å². The molecule has 0 radical (unpaired) electrons. The Kier molecular flexibility index (Phi) is 4.43. The summed E-state index contributed by atoms with van der Waals surface area (Å²) in [6.45, 7) is 7.17. The molecule has 2 heterocycles. The zero-order chi connectivity index (χ0) is 13.8. The quantitative estimate of drug-likeness (QED) is 0.868. The van der Waals surface area contributed by atoms with E-state index in [-0.39, 0.29) is 6.10 Å². The van der Waals surface area contributed by atoms with Crippen molar-refractivity contribution in [3.8, 4) is 0 Å². The molecule has 2 rings (SSSR count). The Bertz CT molecular complexity index is 513. The first-order valence-corrected chi connectivity index (χ1v) is 6.96. The number of aliphatic hydroxyl groups is 1.